The molecule has 138 valence electrons. The van der Waals surface area contributed by atoms with E-state index in [1.165, 1.54) is 33.5 Å². The molecule has 0 heterocycles. The van der Waals surface area contributed by atoms with E-state index in [0.717, 1.165) is 0 Å². The summed E-state index contributed by atoms with van der Waals surface area (Å²) in [5.41, 5.74) is 0.332. The van der Waals surface area contributed by atoms with E-state index in [1.807, 2.05) is 0 Å². The third kappa shape index (κ3) is 4.58. The molecule has 0 atom stereocenters. The van der Waals surface area contributed by atoms with E-state index in [1.54, 1.807) is 24.3 Å². The van der Waals surface area contributed by atoms with Crippen LogP contribution in [0.2, 0.25) is 5.02 Å². The van der Waals surface area contributed by atoms with Crippen molar-refractivity contribution in [1.29, 1.82) is 0 Å². The number of benzene rings is 2. The lowest BCUT2D eigenvalue weighted by molar-refractivity contribution is -0.118. The number of carbonyl (C=O) groups excluding carboxylic acids is 2. The van der Waals surface area contributed by atoms with Crippen molar-refractivity contribution in [3.05, 3.63) is 47.0 Å². The van der Waals surface area contributed by atoms with Gasteiger partial charge in [0.1, 0.15) is 5.75 Å². The molecule has 2 aromatic carbocycles. The fourth-order valence-electron chi connectivity index (χ4n) is 2.15. The van der Waals surface area contributed by atoms with E-state index in [9.17, 15) is 9.59 Å². The highest BCUT2D eigenvalue weighted by Gasteiger charge is 2.19. The molecule has 2 aromatic rings. The highest BCUT2D eigenvalue weighted by Crippen LogP contribution is 2.33. The molecular formula is C18H18ClNO6. The molecule has 8 heteroatoms. The van der Waals surface area contributed by atoms with Crippen molar-refractivity contribution < 1.29 is 28.5 Å². The van der Waals surface area contributed by atoms with Crippen LogP contribution < -0.4 is 19.5 Å². The Morgan fingerprint density at radius 2 is 1.65 bits per heavy atom. The topological polar surface area (TPSA) is 83.1 Å². The van der Waals surface area contributed by atoms with E-state index in [2.05, 4.69) is 5.32 Å². The van der Waals surface area contributed by atoms with E-state index in [4.69, 9.17) is 30.5 Å². The predicted octanol–water partition coefficient (Wildman–Crippen LogP) is 3.16. The van der Waals surface area contributed by atoms with Crippen molar-refractivity contribution >= 4 is 29.2 Å². The molecule has 0 saturated heterocycles. The van der Waals surface area contributed by atoms with Crippen LogP contribution in [-0.2, 0) is 9.53 Å². The van der Waals surface area contributed by atoms with Crippen molar-refractivity contribution in [3.8, 4) is 17.2 Å². The van der Waals surface area contributed by atoms with Gasteiger partial charge in [0.05, 0.1) is 37.6 Å². The molecule has 0 aliphatic heterocycles. The number of amides is 1. The summed E-state index contributed by atoms with van der Waals surface area (Å²) in [6.07, 6.45) is 0. The highest BCUT2D eigenvalue weighted by atomic mass is 35.5. The number of nitrogens with one attached hydrogen (secondary N) is 1. The van der Waals surface area contributed by atoms with Gasteiger partial charge in [0.25, 0.3) is 5.91 Å². The van der Waals surface area contributed by atoms with Gasteiger partial charge in [0, 0.05) is 12.1 Å². The number of esters is 1. The van der Waals surface area contributed by atoms with Crippen LogP contribution in [0.4, 0.5) is 5.69 Å². The minimum absolute atomic E-state index is 0.122. The van der Waals surface area contributed by atoms with Gasteiger partial charge in [-0.3, -0.25) is 4.79 Å². The number of methoxy groups -OCH3 is 3. The van der Waals surface area contributed by atoms with Crippen LogP contribution in [0.25, 0.3) is 0 Å². The molecule has 0 radical (unpaired) electrons. The minimum Gasteiger partial charge on any atom is -0.493 e. The first kappa shape index (κ1) is 19.4. The molecule has 1 N–H and O–H groups in total. The number of hydrogen-bond donors (Lipinski definition) is 1. The fraction of sp³-hybridized carbons (Fsp3) is 0.222. The van der Waals surface area contributed by atoms with Crippen LogP contribution in [0.5, 0.6) is 17.2 Å². The largest absolute Gasteiger partial charge is 0.493 e. The summed E-state index contributed by atoms with van der Waals surface area (Å²) < 4.78 is 20.5. The molecule has 0 saturated carbocycles. The Labute approximate surface area is 155 Å². The van der Waals surface area contributed by atoms with Crippen LogP contribution in [0, 0.1) is 0 Å². The first-order valence-electron chi connectivity index (χ1n) is 7.51. The van der Waals surface area contributed by atoms with Crippen molar-refractivity contribution in [3.63, 3.8) is 0 Å². The summed E-state index contributed by atoms with van der Waals surface area (Å²) in [6.45, 7) is -0.293. The molecule has 0 aliphatic rings. The van der Waals surface area contributed by atoms with E-state index < -0.39 is 11.9 Å². The van der Waals surface area contributed by atoms with Crippen LogP contribution >= 0.6 is 11.6 Å². The molecule has 7 nitrogen and oxygen atoms in total. The van der Waals surface area contributed by atoms with Crippen molar-refractivity contribution in [2.75, 3.05) is 33.3 Å². The molecule has 1 amide bonds. The van der Waals surface area contributed by atoms with Gasteiger partial charge in [-0.05, 0) is 12.1 Å². The zero-order valence-corrected chi connectivity index (χ0v) is 15.3. The summed E-state index contributed by atoms with van der Waals surface area (Å²) in [6, 6.07) is 9.68. The SMILES string of the molecule is COC(=O)c1cc(OC)c(OC)cc1NC(=O)COc1ccccc1Cl. The smallest absolute Gasteiger partial charge is 0.340 e. The molecule has 0 unspecified atom stereocenters. The summed E-state index contributed by atoms with van der Waals surface area (Å²) in [4.78, 5) is 24.2. The number of halogens is 1. The molecule has 2 rings (SSSR count). The third-order valence-corrected chi connectivity index (χ3v) is 3.71. The third-order valence-electron chi connectivity index (χ3n) is 3.40. The van der Waals surface area contributed by atoms with Gasteiger partial charge in [-0.25, -0.2) is 4.79 Å². The molecule has 0 bridgehead atoms. The maximum atomic E-state index is 12.2. The normalized spacial score (nSPS) is 10.0. The van der Waals surface area contributed by atoms with Gasteiger partial charge < -0.3 is 24.3 Å². The second kappa shape index (κ2) is 8.96. The lowest BCUT2D eigenvalue weighted by atomic mass is 10.1. The fourth-order valence-corrected chi connectivity index (χ4v) is 2.34. The first-order chi connectivity index (χ1) is 12.5. The molecule has 0 fully saturated rings. The minimum atomic E-state index is -0.631. The highest BCUT2D eigenvalue weighted by molar-refractivity contribution is 6.32. The zero-order valence-electron chi connectivity index (χ0n) is 14.5. The standard InChI is InChI=1S/C18H18ClNO6/c1-23-15-8-11(18(22)25-3)13(9-16(15)24-2)20-17(21)10-26-14-7-5-4-6-12(14)19/h4-9H,10H2,1-3H3,(H,20,21). The summed E-state index contributed by atoms with van der Waals surface area (Å²) in [5, 5.41) is 2.99. The van der Waals surface area contributed by atoms with Crippen LogP contribution in [-0.4, -0.2) is 39.8 Å². The number of para-hydroxylation sites is 1. The van der Waals surface area contributed by atoms with E-state index >= 15 is 0 Å². The number of rotatable bonds is 7. The van der Waals surface area contributed by atoms with Crippen molar-refractivity contribution in [1.82, 2.24) is 0 Å². The number of carbonyl (C=O) groups is 2. The van der Waals surface area contributed by atoms with Gasteiger partial charge in [0.2, 0.25) is 0 Å². The molecular weight excluding hydrogens is 362 g/mol. The van der Waals surface area contributed by atoms with Gasteiger partial charge in [-0.2, -0.15) is 0 Å². The van der Waals surface area contributed by atoms with Crippen molar-refractivity contribution in [2.45, 2.75) is 0 Å². The second-order valence-electron chi connectivity index (χ2n) is 5.01. The predicted molar refractivity (Wildman–Crippen MR) is 96.5 cm³/mol. The average molecular weight is 380 g/mol. The number of hydrogen-bond acceptors (Lipinski definition) is 6. The van der Waals surface area contributed by atoms with Crippen molar-refractivity contribution in [2.24, 2.45) is 0 Å². The Bertz CT molecular complexity index is 808. The number of anilines is 1. The molecule has 0 aromatic heterocycles. The van der Waals surface area contributed by atoms with Crippen LogP contribution in [0.3, 0.4) is 0 Å². The number of ether oxygens (including phenoxy) is 4. The summed E-state index contributed by atoms with van der Waals surface area (Å²) in [7, 11) is 4.13. The molecule has 0 aliphatic carbocycles. The van der Waals surface area contributed by atoms with Gasteiger partial charge in [0.15, 0.2) is 18.1 Å². The summed E-state index contributed by atoms with van der Waals surface area (Å²) >= 11 is 5.98. The van der Waals surface area contributed by atoms with Gasteiger partial charge >= 0.3 is 5.97 Å². The Morgan fingerprint density at radius 3 is 2.27 bits per heavy atom. The van der Waals surface area contributed by atoms with E-state index in [-0.39, 0.29) is 17.9 Å². The summed E-state index contributed by atoms with van der Waals surface area (Å²) in [5.74, 6) is -0.0546. The maximum Gasteiger partial charge on any atom is 0.340 e. The molecule has 26 heavy (non-hydrogen) atoms. The maximum absolute atomic E-state index is 12.2. The Kier molecular flexibility index (Phi) is 6.68. The average Bonchev–Trinajstić information content (AvgIpc) is 2.66. The zero-order chi connectivity index (χ0) is 19.1. The van der Waals surface area contributed by atoms with E-state index in [0.29, 0.717) is 22.3 Å². The quantitative estimate of drug-likeness (QED) is 0.744. The molecule has 0 spiro atoms. The second-order valence-corrected chi connectivity index (χ2v) is 5.42. The first-order valence-corrected chi connectivity index (χ1v) is 7.89. The van der Waals surface area contributed by atoms with Crippen LogP contribution in [0.1, 0.15) is 10.4 Å². The van der Waals surface area contributed by atoms with Gasteiger partial charge in [-0.15, -0.1) is 0 Å². The Balaban J connectivity index is 2.19. The lowest BCUT2D eigenvalue weighted by Crippen LogP contribution is -2.22. The lowest BCUT2D eigenvalue weighted by Gasteiger charge is -2.15. The monoisotopic (exact) mass is 379 g/mol. The van der Waals surface area contributed by atoms with Gasteiger partial charge in [-0.1, -0.05) is 23.7 Å². The Hall–Kier alpha value is -2.93. The Morgan fingerprint density at radius 1 is 1.00 bits per heavy atom. The van der Waals surface area contributed by atoms with Crippen LogP contribution in [0.15, 0.2) is 36.4 Å².